The number of rotatable bonds is 6. The molecule has 0 unspecified atom stereocenters. The fourth-order valence-electron chi connectivity index (χ4n) is 4.87. The molecule has 4 rings (SSSR count). The van der Waals surface area contributed by atoms with Crippen molar-refractivity contribution < 1.29 is 19.1 Å². The molecule has 0 N–H and O–H groups in total. The zero-order valence-corrected chi connectivity index (χ0v) is 21.6. The van der Waals surface area contributed by atoms with Gasteiger partial charge >= 0.3 is 5.97 Å². The van der Waals surface area contributed by atoms with Crippen LogP contribution in [-0.4, -0.2) is 24.1 Å². The van der Waals surface area contributed by atoms with Crippen molar-refractivity contribution in [3.05, 3.63) is 111 Å². The number of hydrogen-bond donors (Lipinski definition) is 0. The van der Waals surface area contributed by atoms with Crippen LogP contribution < -0.4 is 0 Å². The molecule has 0 aliphatic heterocycles. The van der Waals surface area contributed by atoms with E-state index in [-0.39, 0.29) is 23.7 Å². The predicted octanol–water partition coefficient (Wildman–Crippen LogP) is 6.63. The van der Waals surface area contributed by atoms with Crippen LogP contribution in [0.2, 0.25) is 0 Å². The molecule has 1 aliphatic rings. The molecule has 4 nitrogen and oxygen atoms in total. The van der Waals surface area contributed by atoms with Gasteiger partial charge in [0.25, 0.3) is 0 Å². The Labute approximate surface area is 212 Å². The molecule has 36 heavy (non-hydrogen) atoms. The number of carbonyl (C=O) groups is 3. The van der Waals surface area contributed by atoms with Crippen LogP contribution in [0.5, 0.6) is 0 Å². The van der Waals surface area contributed by atoms with Crippen molar-refractivity contribution in [2.45, 2.75) is 41.5 Å². The van der Waals surface area contributed by atoms with Gasteiger partial charge in [-0.05, 0) is 69.4 Å². The Hall–Kier alpha value is -4.05. The van der Waals surface area contributed by atoms with Crippen LogP contribution in [0.4, 0.5) is 0 Å². The Kier molecular flexibility index (Phi) is 6.89. The third kappa shape index (κ3) is 4.47. The molecular formula is C32H30O4. The average molecular weight is 479 g/mol. The minimum atomic E-state index is -0.536. The highest BCUT2D eigenvalue weighted by Gasteiger charge is 2.39. The zero-order valence-electron chi connectivity index (χ0n) is 21.6. The van der Waals surface area contributed by atoms with Gasteiger partial charge in [0, 0.05) is 22.3 Å². The first kappa shape index (κ1) is 25.1. The van der Waals surface area contributed by atoms with Gasteiger partial charge in [-0.25, -0.2) is 4.79 Å². The van der Waals surface area contributed by atoms with Crippen molar-refractivity contribution in [3.63, 3.8) is 0 Å². The van der Waals surface area contributed by atoms with Crippen LogP contribution in [0.3, 0.4) is 0 Å². The standard InChI is InChI=1S/C32H30O4/c1-7-36-32(35)30-27(24-12-10-23(11-13-24)22(6)33)31(34)29(26-15-9-19(3)17-21(26)5)28(30)25-14-8-18(2)16-20(25)4/h8-17H,7H2,1-6H3. The molecule has 0 atom stereocenters. The predicted molar refractivity (Wildman–Crippen MR) is 144 cm³/mol. The van der Waals surface area contributed by atoms with Gasteiger partial charge in [0.15, 0.2) is 11.6 Å². The summed E-state index contributed by atoms with van der Waals surface area (Å²) in [6.07, 6.45) is 0. The number of ether oxygens (including phenoxy) is 1. The fourth-order valence-corrected chi connectivity index (χ4v) is 4.87. The molecule has 0 spiro atoms. The zero-order chi connectivity index (χ0) is 26.1. The number of esters is 1. The van der Waals surface area contributed by atoms with Crippen LogP contribution in [0.25, 0.3) is 16.7 Å². The van der Waals surface area contributed by atoms with E-state index >= 15 is 0 Å². The van der Waals surface area contributed by atoms with E-state index in [4.69, 9.17) is 4.74 Å². The van der Waals surface area contributed by atoms with E-state index in [9.17, 15) is 14.4 Å². The molecule has 0 bridgehead atoms. The summed E-state index contributed by atoms with van der Waals surface area (Å²) < 4.78 is 5.50. The minimum absolute atomic E-state index is 0.0658. The lowest BCUT2D eigenvalue weighted by Crippen LogP contribution is -2.11. The van der Waals surface area contributed by atoms with E-state index in [1.165, 1.54) is 6.92 Å². The molecule has 0 saturated carbocycles. The van der Waals surface area contributed by atoms with Crippen molar-refractivity contribution in [2.75, 3.05) is 6.61 Å². The maximum atomic E-state index is 14.3. The van der Waals surface area contributed by atoms with Crippen LogP contribution in [-0.2, 0) is 14.3 Å². The van der Waals surface area contributed by atoms with E-state index in [0.29, 0.717) is 27.8 Å². The second-order valence-electron chi connectivity index (χ2n) is 9.32. The molecule has 1 aliphatic carbocycles. The minimum Gasteiger partial charge on any atom is -0.462 e. The highest BCUT2D eigenvalue weighted by atomic mass is 16.5. The summed E-state index contributed by atoms with van der Waals surface area (Å²) in [6, 6.07) is 18.8. The van der Waals surface area contributed by atoms with Gasteiger partial charge in [-0.1, -0.05) is 71.8 Å². The summed E-state index contributed by atoms with van der Waals surface area (Å²) >= 11 is 0. The Morgan fingerprint density at radius 1 is 0.722 bits per heavy atom. The third-order valence-electron chi connectivity index (χ3n) is 6.57. The molecule has 0 heterocycles. The van der Waals surface area contributed by atoms with Gasteiger partial charge in [-0.15, -0.1) is 0 Å². The summed E-state index contributed by atoms with van der Waals surface area (Å²) in [5, 5.41) is 0. The van der Waals surface area contributed by atoms with Crippen LogP contribution in [0, 0.1) is 27.7 Å². The van der Waals surface area contributed by atoms with Crippen molar-refractivity contribution in [3.8, 4) is 0 Å². The Bertz CT molecular complexity index is 1470. The molecule has 0 fully saturated rings. The van der Waals surface area contributed by atoms with Crippen LogP contribution in [0.15, 0.2) is 66.2 Å². The van der Waals surface area contributed by atoms with Gasteiger partial charge in [0.05, 0.1) is 12.2 Å². The summed E-state index contributed by atoms with van der Waals surface area (Å²) in [7, 11) is 0. The van der Waals surface area contributed by atoms with Gasteiger partial charge < -0.3 is 4.74 Å². The van der Waals surface area contributed by atoms with E-state index < -0.39 is 5.97 Å². The number of hydrogen-bond acceptors (Lipinski definition) is 4. The molecule has 0 radical (unpaired) electrons. The summed E-state index contributed by atoms with van der Waals surface area (Å²) in [5.74, 6) is -0.828. The first-order valence-corrected chi connectivity index (χ1v) is 12.1. The maximum Gasteiger partial charge on any atom is 0.339 e. The Morgan fingerprint density at radius 2 is 1.25 bits per heavy atom. The Balaban J connectivity index is 2.09. The molecule has 3 aromatic carbocycles. The monoisotopic (exact) mass is 478 g/mol. The maximum absolute atomic E-state index is 14.3. The number of benzene rings is 3. The lowest BCUT2D eigenvalue weighted by Gasteiger charge is -2.16. The van der Waals surface area contributed by atoms with Crippen molar-refractivity contribution >= 4 is 34.3 Å². The highest BCUT2D eigenvalue weighted by Crippen LogP contribution is 2.47. The second kappa shape index (κ2) is 9.90. The van der Waals surface area contributed by atoms with E-state index in [0.717, 1.165) is 33.4 Å². The van der Waals surface area contributed by atoms with E-state index in [1.807, 2.05) is 58.0 Å². The number of ketones is 2. The number of Topliss-reactive ketones (excluding diaryl/α,β-unsaturated/α-hetero) is 2. The van der Waals surface area contributed by atoms with Crippen LogP contribution in [0.1, 0.15) is 63.1 Å². The highest BCUT2D eigenvalue weighted by molar-refractivity contribution is 6.55. The van der Waals surface area contributed by atoms with Gasteiger partial charge in [-0.3, -0.25) is 9.59 Å². The first-order valence-electron chi connectivity index (χ1n) is 12.1. The number of carbonyl (C=O) groups excluding carboxylic acids is 3. The molecule has 4 heteroatoms. The number of allylic oxidation sites excluding steroid dienone is 2. The van der Waals surface area contributed by atoms with Gasteiger partial charge in [0.1, 0.15) is 0 Å². The summed E-state index contributed by atoms with van der Waals surface area (Å²) in [5.41, 5.74) is 8.49. The fraction of sp³-hybridized carbons (Fsp3) is 0.219. The number of aryl methyl sites for hydroxylation is 4. The molecule has 182 valence electrons. The molecular weight excluding hydrogens is 448 g/mol. The topological polar surface area (TPSA) is 60.4 Å². The molecule has 0 aromatic heterocycles. The van der Waals surface area contributed by atoms with E-state index in [2.05, 4.69) is 6.07 Å². The molecule has 0 saturated heterocycles. The Morgan fingerprint density at radius 3 is 1.72 bits per heavy atom. The lowest BCUT2D eigenvalue weighted by atomic mass is 9.88. The van der Waals surface area contributed by atoms with E-state index in [1.54, 1.807) is 31.2 Å². The van der Waals surface area contributed by atoms with Crippen LogP contribution >= 0.6 is 0 Å². The molecule has 0 amide bonds. The van der Waals surface area contributed by atoms with Crippen molar-refractivity contribution in [1.82, 2.24) is 0 Å². The average Bonchev–Trinajstić information content (AvgIpc) is 3.12. The smallest absolute Gasteiger partial charge is 0.339 e. The lowest BCUT2D eigenvalue weighted by molar-refractivity contribution is -0.138. The first-order chi connectivity index (χ1) is 17.1. The molecule has 3 aromatic rings. The SMILES string of the molecule is CCOC(=O)C1=C(c2ccc(C(C)=O)cc2)C(=O)C(c2ccc(C)cc2C)=C1c1ccc(C)cc1C. The largest absolute Gasteiger partial charge is 0.462 e. The van der Waals surface area contributed by atoms with Gasteiger partial charge in [0.2, 0.25) is 0 Å². The third-order valence-corrected chi connectivity index (χ3v) is 6.57. The van der Waals surface area contributed by atoms with Crippen molar-refractivity contribution in [2.24, 2.45) is 0 Å². The summed E-state index contributed by atoms with van der Waals surface area (Å²) in [6.45, 7) is 11.4. The quantitative estimate of drug-likeness (QED) is 0.295. The van der Waals surface area contributed by atoms with Gasteiger partial charge in [-0.2, -0.15) is 0 Å². The summed E-state index contributed by atoms with van der Waals surface area (Å²) in [4.78, 5) is 39.6. The second-order valence-corrected chi connectivity index (χ2v) is 9.32. The normalized spacial score (nSPS) is 13.4. The van der Waals surface area contributed by atoms with Crippen molar-refractivity contribution in [1.29, 1.82) is 0 Å².